The van der Waals surface area contributed by atoms with Gasteiger partial charge in [-0.05, 0) is 30.5 Å². The van der Waals surface area contributed by atoms with Gasteiger partial charge in [-0.3, -0.25) is 9.78 Å². The summed E-state index contributed by atoms with van der Waals surface area (Å²) in [5, 5.41) is 0. The van der Waals surface area contributed by atoms with E-state index in [4.69, 9.17) is 0 Å². The summed E-state index contributed by atoms with van der Waals surface area (Å²) >= 11 is 0. The quantitative estimate of drug-likeness (QED) is 0.744. The third-order valence-corrected chi connectivity index (χ3v) is 3.35. The summed E-state index contributed by atoms with van der Waals surface area (Å²) in [6.07, 6.45) is 4.34. The Kier molecular flexibility index (Phi) is 2.29. The van der Waals surface area contributed by atoms with Gasteiger partial charge in [-0.25, -0.2) is 0 Å². The van der Waals surface area contributed by atoms with Crippen molar-refractivity contribution in [3.05, 3.63) is 65.0 Å². The normalized spacial score (nSPS) is 18.2. The largest absolute Gasteiger partial charge is 0.293 e. The van der Waals surface area contributed by atoms with Gasteiger partial charge < -0.3 is 0 Å². The van der Waals surface area contributed by atoms with E-state index in [9.17, 15) is 4.79 Å². The molecule has 1 unspecified atom stereocenters. The molecule has 0 spiro atoms. The molecule has 84 valence electrons. The van der Waals surface area contributed by atoms with Gasteiger partial charge in [0.15, 0.2) is 5.78 Å². The number of carbonyl (C=O) groups is 1. The number of rotatable bonds is 1. The Morgan fingerprint density at radius 2 is 2.18 bits per heavy atom. The molecule has 0 N–H and O–H groups in total. The lowest BCUT2D eigenvalue weighted by atomic mass is 9.97. The molecule has 0 amide bonds. The molecule has 0 saturated heterocycles. The summed E-state index contributed by atoms with van der Waals surface area (Å²) in [7, 11) is 0. The molecule has 2 aromatic rings. The van der Waals surface area contributed by atoms with Crippen LogP contribution in [0, 0.1) is 6.92 Å². The molecule has 2 nitrogen and oxygen atoms in total. The molecule has 0 aliphatic heterocycles. The Morgan fingerprint density at radius 1 is 1.29 bits per heavy atom. The molecular weight excluding hydrogens is 210 g/mol. The minimum Gasteiger partial charge on any atom is -0.293 e. The summed E-state index contributed by atoms with van der Waals surface area (Å²) in [5.41, 5.74) is 4.28. The van der Waals surface area contributed by atoms with Crippen molar-refractivity contribution >= 4 is 5.78 Å². The highest BCUT2D eigenvalue weighted by Crippen LogP contribution is 2.33. The van der Waals surface area contributed by atoms with E-state index in [2.05, 4.69) is 18.0 Å². The third kappa shape index (κ3) is 1.66. The predicted octanol–water partition coefficient (Wildman–Crippen LogP) is 2.91. The second kappa shape index (κ2) is 3.81. The van der Waals surface area contributed by atoms with E-state index in [1.165, 1.54) is 11.1 Å². The number of carbonyl (C=O) groups excluding carboxylic acids is 1. The Balaban J connectivity index is 2.02. The van der Waals surface area contributed by atoms with Crippen LogP contribution in [0.4, 0.5) is 0 Å². The van der Waals surface area contributed by atoms with Crippen molar-refractivity contribution in [1.29, 1.82) is 0 Å². The standard InChI is InChI=1S/C15H13NO/c1-10-4-5-13-12(7-10)8-14(15(13)17)11-3-2-6-16-9-11/h2-7,9,14H,8H2,1H3. The number of hydrogen-bond acceptors (Lipinski definition) is 2. The Morgan fingerprint density at radius 3 is 2.94 bits per heavy atom. The van der Waals surface area contributed by atoms with E-state index >= 15 is 0 Å². The number of fused-ring (bicyclic) bond motifs is 1. The van der Waals surface area contributed by atoms with E-state index in [-0.39, 0.29) is 11.7 Å². The van der Waals surface area contributed by atoms with Crippen molar-refractivity contribution in [2.75, 3.05) is 0 Å². The molecule has 1 aliphatic rings. The lowest BCUT2D eigenvalue weighted by molar-refractivity contribution is 0.0973. The number of ketones is 1. The van der Waals surface area contributed by atoms with E-state index in [1.54, 1.807) is 12.4 Å². The van der Waals surface area contributed by atoms with Crippen LogP contribution < -0.4 is 0 Å². The first-order valence-corrected chi connectivity index (χ1v) is 5.79. The molecule has 0 fully saturated rings. The van der Waals surface area contributed by atoms with Crippen molar-refractivity contribution in [2.45, 2.75) is 19.3 Å². The van der Waals surface area contributed by atoms with Gasteiger partial charge in [0, 0.05) is 18.0 Å². The predicted molar refractivity (Wildman–Crippen MR) is 66.2 cm³/mol. The molecule has 1 aliphatic carbocycles. The van der Waals surface area contributed by atoms with Crippen LogP contribution in [-0.4, -0.2) is 10.8 Å². The number of aromatic nitrogens is 1. The summed E-state index contributed by atoms with van der Waals surface area (Å²) in [4.78, 5) is 16.4. The SMILES string of the molecule is Cc1ccc2c(c1)CC(c1cccnc1)C2=O. The summed E-state index contributed by atoms with van der Waals surface area (Å²) < 4.78 is 0. The average molecular weight is 223 g/mol. The number of aryl methyl sites for hydroxylation is 1. The van der Waals surface area contributed by atoms with Gasteiger partial charge in [-0.15, -0.1) is 0 Å². The van der Waals surface area contributed by atoms with E-state index in [0.717, 1.165) is 17.5 Å². The fourth-order valence-electron chi connectivity index (χ4n) is 2.48. The van der Waals surface area contributed by atoms with Crippen molar-refractivity contribution < 1.29 is 4.79 Å². The topological polar surface area (TPSA) is 30.0 Å². The van der Waals surface area contributed by atoms with Crippen LogP contribution in [0.3, 0.4) is 0 Å². The zero-order chi connectivity index (χ0) is 11.8. The molecule has 1 aromatic carbocycles. The molecule has 1 atom stereocenters. The van der Waals surface area contributed by atoms with Crippen LogP contribution in [0.5, 0.6) is 0 Å². The van der Waals surface area contributed by atoms with Crippen molar-refractivity contribution in [1.82, 2.24) is 4.98 Å². The van der Waals surface area contributed by atoms with Crippen molar-refractivity contribution in [3.63, 3.8) is 0 Å². The molecular formula is C15H13NO. The Bertz CT molecular complexity index is 575. The first-order chi connectivity index (χ1) is 8.25. The maximum Gasteiger partial charge on any atom is 0.170 e. The Labute approximate surface area is 100 Å². The molecule has 1 heterocycles. The first-order valence-electron chi connectivity index (χ1n) is 5.79. The summed E-state index contributed by atoms with van der Waals surface area (Å²) in [5.74, 6) is 0.188. The fourth-order valence-corrected chi connectivity index (χ4v) is 2.48. The van der Waals surface area contributed by atoms with E-state index in [1.807, 2.05) is 24.3 Å². The number of hydrogen-bond donors (Lipinski definition) is 0. The monoisotopic (exact) mass is 223 g/mol. The smallest absolute Gasteiger partial charge is 0.170 e. The second-order valence-electron chi connectivity index (χ2n) is 4.57. The maximum atomic E-state index is 12.3. The average Bonchev–Trinajstić information content (AvgIpc) is 2.67. The highest BCUT2D eigenvalue weighted by molar-refractivity contribution is 6.05. The zero-order valence-electron chi connectivity index (χ0n) is 9.68. The summed E-state index contributed by atoms with van der Waals surface area (Å²) in [6, 6.07) is 9.93. The minimum atomic E-state index is -0.0412. The molecule has 2 heteroatoms. The second-order valence-corrected chi connectivity index (χ2v) is 4.57. The summed E-state index contributed by atoms with van der Waals surface area (Å²) in [6.45, 7) is 2.06. The van der Waals surface area contributed by atoms with Gasteiger partial charge in [0.25, 0.3) is 0 Å². The van der Waals surface area contributed by atoms with Crippen LogP contribution in [0.1, 0.15) is 33.0 Å². The number of Topliss-reactive ketones (excluding diaryl/α,β-unsaturated/α-hetero) is 1. The lowest BCUT2D eigenvalue weighted by Gasteiger charge is -2.06. The highest BCUT2D eigenvalue weighted by Gasteiger charge is 2.31. The number of nitrogens with zero attached hydrogens (tertiary/aromatic N) is 1. The minimum absolute atomic E-state index is 0.0412. The van der Waals surface area contributed by atoms with Gasteiger partial charge in [0.2, 0.25) is 0 Å². The van der Waals surface area contributed by atoms with Gasteiger partial charge in [-0.1, -0.05) is 29.8 Å². The molecule has 0 saturated carbocycles. The van der Waals surface area contributed by atoms with Crippen LogP contribution >= 0.6 is 0 Å². The van der Waals surface area contributed by atoms with Gasteiger partial charge >= 0.3 is 0 Å². The maximum absolute atomic E-state index is 12.3. The van der Waals surface area contributed by atoms with Crippen LogP contribution in [0.25, 0.3) is 0 Å². The van der Waals surface area contributed by atoms with Crippen molar-refractivity contribution in [3.8, 4) is 0 Å². The molecule has 1 aromatic heterocycles. The third-order valence-electron chi connectivity index (χ3n) is 3.35. The van der Waals surface area contributed by atoms with Crippen LogP contribution in [-0.2, 0) is 6.42 Å². The van der Waals surface area contributed by atoms with E-state index < -0.39 is 0 Å². The molecule has 17 heavy (non-hydrogen) atoms. The van der Waals surface area contributed by atoms with Gasteiger partial charge in [0.05, 0.1) is 5.92 Å². The van der Waals surface area contributed by atoms with Crippen LogP contribution in [0.2, 0.25) is 0 Å². The first kappa shape index (κ1) is 10.2. The number of benzene rings is 1. The van der Waals surface area contributed by atoms with Crippen LogP contribution in [0.15, 0.2) is 42.7 Å². The van der Waals surface area contributed by atoms with Gasteiger partial charge in [-0.2, -0.15) is 0 Å². The highest BCUT2D eigenvalue weighted by atomic mass is 16.1. The molecule has 0 radical (unpaired) electrons. The van der Waals surface area contributed by atoms with Gasteiger partial charge in [0.1, 0.15) is 0 Å². The zero-order valence-corrected chi connectivity index (χ0v) is 9.68. The van der Waals surface area contributed by atoms with Crippen molar-refractivity contribution in [2.24, 2.45) is 0 Å². The number of pyridine rings is 1. The molecule has 3 rings (SSSR count). The lowest BCUT2D eigenvalue weighted by Crippen LogP contribution is -2.06. The molecule has 0 bridgehead atoms. The Hall–Kier alpha value is -1.96. The van der Waals surface area contributed by atoms with E-state index in [0.29, 0.717) is 0 Å². The fraction of sp³-hybridized carbons (Fsp3) is 0.200.